The third-order valence-corrected chi connectivity index (χ3v) is 2.75. The Kier molecular flexibility index (Phi) is 4.04. The summed E-state index contributed by atoms with van der Waals surface area (Å²) in [5.74, 6) is 0. The molecule has 1 rings (SSSR count). The third kappa shape index (κ3) is 2.87. The SMILES string of the molecule is CNCCc1cc(Cl)c(Cl)cc1C. The highest BCUT2D eigenvalue weighted by Crippen LogP contribution is 2.25. The summed E-state index contributed by atoms with van der Waals surface area (Å²) >= 11 is 11.8. The number of halogens is 2. The van der Waals surface area contributed by atoms with E-state index in [1.54, 1.807) is 0 Å². The van der Waals surface area contributed by atoms with Gasteiger partial charge in [-0.3, -0.25) is 0 Å². The minimum atomic E-state index is 0.632. The Morgan fingerprint density at radius 2 is 1.85 bits per heavy atom. The van der Waals surface area contributed by atoms with Crippen molar-refractivity contribution in [1.29, 1.82) is 0 Å². The molecule has 0 bridgehead atoms. The minimum Gasteiger partial charge on any atom is -0.319 e. The molecular weight excluding hydrogens is 205 g/mol. The van der Waals surface area contributed by atoms with E-state index in [1.807, 2.05) is 26.1 Å². The zero-order valence-electron chi connectivity index (χ0n) is 7.82. The fraction of sp³-hybridized carbons (Fsp3) is 0.400. The van der Waals surface area contributed by atoms with Crippen LogP contribution in [0.3, 0.4) is 0 Å². The maximum atomic E-state index is 5.91. The molecule has 3 heteroatoms. The van der Waals surface area contributed by atoms with E-state index in [0.717, 1.165) is 13.0 Å². The van der Waals surface area contributed by atoms with E-state index in [-0.39, 0.29) is 0 Å². The van der Waals surface area contributed by atoms with Crippen LogP contribution in [0.4, 0.5) is 0 Å². The fourth-order valence-corrected chi connectivity index (χ4v) is 1.62. The molecule has 0 unspecified atom stereocenters. The van der Waals surface area contributed by atoms with Crippen LogP contribution in [0.5, 0.6) is 0 Å². The number of hydrogen-bond acceptors (Lipinski definition) is 1. The predicted octanol–water partition coefficient (Wildman–Crippen LogP) is 3.06. The summed E-state index contributed by atoms with van der Waals surface area (Å²) in [4.78, 5) is 0. The second-order valence-electron chi connectivity index (χ2n) is 3.05. The Labute approximate surface area is 89.0 Å². The first-order chi connectivity index (χ1) is 6.15. The Morgan fingerprint density at radius 1 is 1.23 bits per heavy atom. The Hall–Kier alpha value is -0.240. The summed E-state index contributed by atoms with van der Waals surface area (Å²) in [7, 11) is 1.94. The standard InChI is InChI=1S/C10H13Cl2N/c1-7-5-9(11)10(12)6-8(7)3-4-13-2/h5-6,13H,3-4H2,1-2H3. The summed E-state index contributed by atoms with van der Waals surface area (Å²) < 4.78 is 0. The second-order valence-corrected chi connectivity index (χ2v) is 3.86. The van der Waals surface area contributed by atoms with Crippen LogP contribution < -0.4 is 5.32 Å². The lowest BCUT2D eigenvalue weighted by atomic mass is 10.1. The third-order valence-electron chi connectivity index (χ3n) is 2.02. The largest absolute Gasteiger partial charge is 0.319 e. The molecule has 0 saturated heterocycles. The lowest BCUT2D eigenvalue weighted by molar-refractivity contribution is 0.789. The number of nitrogens with one attached hydrogen (secondary N) is 1. The molecule has 0 aliphatic heterocycles. The van der Waals surface area contributed by atoms with Gasteiger partial charge in [-0.25, -0.2) is 0 Å². The zero-order chi connectivity index (χ0) is 9.84. The van der Waals surface area contributed by atoms with E-state index in [4.69, 9.17) is 23.2 Å². The molecule has 0 heterocycles. The maximum absolute atomic E-state index is 5.91. The molecule has 0 fully saturated rings. The van der Waals surface area contributed by atoms with Crippen molar-refractivity contribution in [3.8, 4) is 0 Å². The van der Waals surface area contributed by atoms with Crippen molar-refractivity contribution in [1.82, 2.24) is 5.32 Å². The van der Waals surface area contributed by atoms with Crippen molar-refractivity contribution in [3.63, 3.8) is 0 Å². The van der Waals surface area contributed by atoms with Gasteiger partial charge in [-0.1, -0.05) is 23.2 Å². The molecule has 0 atom stereocenters. The van der Waals surface area contributed by atoms with E-state index >= 15 is 0 Å². The quantitative estimate of drug-likeness (QED) is 0.822. The molecule has 72 valence electrons. The van der Waals surface area contributed by atoms with Gasteiger partial charge >= 0.3 is 0 Å². The minimum absolute atomic E-state index is 0.632. The highest BCUT2D eigenvalue weighted by atomic mass is 35.5. The van der Waals surface area contributed by atoms with Gasteiger partial charge in [-0.2, -0.15) is 0 Å². The molecule has 1 N–H and O–H groups in total. The Morgan fingerprint density at radius 3 is 2.46 bits per heavy atom. The summed E-state index contributed by atoms with van der Waals surface area (Å²) in [6.07, 6.45) is 0.985. The van der Waals surface area contributed by atoms with Gasteiger partial charge in [0.05, 0.1) is 10.0 Å². The molecule has 13 heavy (non-hydrogen) atoms. The normalized spacial score (nSPS) is 10.5. The monoisotopic (exact) mass is 217 g/mol. The van der Waals surface area contributed by atoms with Gasteiger partial charge in [0.25, 0.3) is 0 Å². The highest BCUT2D eigenvalue weighted by molar-refractivity contribution is 6.42. The van der Waals surface area contributed by atoms with E-state index in [1.165, 1.54) is 11.1 Å². The Balaban J connectivity index is 2.88. The van der Waals surface area contributed by atoms with Crippen LogP contribution in [0.1, 0.15) is 11.1 Å². The van der Waals surface area contributed by atoms with Crippen molar-refractivity contribution in [2.45, 2.75) is 13.3 Å². The highest BCUT2D eigenvalue weighted by Gasteiger charge is 2.03. The summed E-state index contributed by atoms with van der Waals surface area (Å²) in [6.45, 7) is 3.01. The first kappa shape index (κ1) is 10.8. The molecule has 0 aliphatic carbocycles. The van der Waals surface area contributed by atoms with Crippen LogP contribution in [0.2, 0.25) is 10.0 Å². The van der Waals surface area contributed by atoms with E-state index in [0.29, 0.717) is 10.0 Å². The number of likely N-dealkylation sites (N-methyl/N-ethyl adjacent to an activating group) is 1. The lowest BCUT2D eigenvalue weighted by Crippen LogP contribution is -2.10. The lowest BCUT2D eigenvalue weighted by Gasteiger charge is -2.07. The zero-order valence-corrected chi connectivity index (χ0v) is 9.34. The molecule has 1 nitrogen and oxygen atoms in total. The maximum Gasteiger partial charge on any atom is 0.0595 e. The molecule has 0 amide bonds. The first-order valence-electron chi connectivity index (χ1n) is 4.24. The topological polar surface area (TPSA) is 12.0 Å². The van der Waals surface area contributed by atoms with Crippen LogP contribution in [0.15, 0.2) is 12.1 Å². The van der Waals surface area contributed by atoms with E-state index < -0.39 is 0 Å². The summed E-state index contributed by atoms with van der Waals surface area (Å²) in [6, 6.07) is 3.85. The first-order valence-corrected chi connectivity index (χ1v) is 5.00. The fourth-order valence-electron chi connectivity index (χ4n) is 1.22. The van der Waals surface area contributed by atoms with Gasteiger partial charge in [0, 0.05) is 0 Å². The van der Waals surface area contributed by atoms with E-state index in [9.17, 15) is 0 Å². The van der Waals surface area contributed by atoms with Crippen molar-refractivity contribution < 1.29 is 0 Å². The molecule has 0 spiro atoms. The molecule has 1 aromatic carbocycles. The Bertz CT molecular complexity index is 297. The second kappa shape index (κ2) is 4.85. The van der Waals surface area contributed by atoms with Gasteiger partial charge in [-0.15, -0.1) is 0 Å². The van der Waals surface area contributed by atoms with Crippen LogP contribution in [-0.4, -0.2) is 13.6 Å². The van der Waals surface area contributed by atoms with Crippen molar-refractivity contribution in [2.24, 2.45) is 0 Å². The van der Waals surface area contributed by atoms with Crippen LogP contribution in [-0.2, 0) is 6.42 Å². The van der Waals surface area contributed by atoms with Gasteiger partial charge in [0.1, 0.15) is 0 Å². The number of hydrogen-bond donors (Lipinski definition) is 1. The average Bonchev–Trinajstić information content (AvgIpc) is 2.09. The van der Waals surface area contributed by atoms with Gasteiger partial charge < -0.3 is 5.32 Å². The van der Waals surface area contributed by atoms with Crippen molar-refractivity contribution >= 4 is 23.2 Å². The summed E-state index contributed by atoms with van der Waals surface area (Å²) in [5, 5.41) is 4.37. The van der Waals surface area contributed by atoms with E-state index in [2.05, 4.69) is 5.32 Å². The van der Waals surface area contributed by atoms with Crippen molar-refractivity contribution in [3.05, 3.63) is 33.3 Å². The van der Waals surface area contributed by atoms with Crippen molar-refractivity contribution in [2.75, 3.05) is 13.6 Å². The molecule has 0 saturated carbocycles. The smallest absolute Gasteiger partial charge is 0.0595 e. The molecule has 0 radical (unpaired) electrons. The average molecular weight is 218 g/mol. The molecular formula is C10H13Cl2N. The van der Waals surface area contributed by atoms with Crippen LogP contribution in [0.25, 0.3) is 0 Å². The molecule has 1 aromatic rings. The number of aryl methyl sites for hydroxylation is 1. The van der Waals surface area contributed by atoms with Gasteiger partial charge in [0.2, 0.25) is 0 Å². The van der Waals surface area contributed by atoms with Crippen LogP contribution in [0, 0.1) is 6.92 Å². The van der Waals surface area contributed by atoms with Gasteiger partial charge in [-0.05, 0) is 50.2 Å². The number of benzene rings is 1. The summed E-state index contributed by atoms with van der Waals surface area (Å²) in [5.41, 5.74) is 2.45. The molecule has 0 aromatic heterocycles. The number of rotatable bonds is 3. The predicted molar refractivity (Wildman–Crippen MR) is 58.8 cm³/mol. The molecule has 0 aliphatic rings. The van der Waals surface area contributed by atoms with Gasteiger partial charge in [0.15, 0.2) is 0 Å². The van der Waals surface area contributed by atoms with Crippen LogP contribution >= 0.6 is 23.2 Å².